The molecule has 1 fully saturated rings. The number of hydrogen-bond donors (Lipinski definition) is 0. The minimum Gasteiger partial charge on any atom is -0.299 e. The van der Waals surface area contributed by atoms with Gasteiger partial charge in [0.25, 0.3) is 0 Å². The maximum absolute atomic E-state index is 5.63. The quantitative estimate of drug-likeness (QED) is 0.515. The molecule has 0 N–H and O–H groups in total. The minimum atomic E-state index is 0.777. The normalized spacial score (nSPS) is 26.0. The SMILES string of the molecule is CC1CSCCN1CCCCCl. The number of thioether (sulfide) groups is 1. The molecule has 1 heterocycles. The summed E-state index contributed by atoms with van der Waals surface area (Å²) in [4.78, 5) is 2.59. The number of hydrogen-bond acceptors (Lipinski definition) is 2. The van der Waals surface area contributed by atoms with Gasteiger partial charge in [0.15, 0.2) is 0 Å². The fourth-order valence-corrected chi connectivity index (χ4v) is 2.77. The van der Waals surface area contributed by atoms with Crippen molar-refractivity contribution < 1.29 is 0 Å². The molecule has 0 amide bonds. The summed E-state index contributed by atoms with van der Waals surface area (Å²) in [6.45, 7) is 4.84. The molecule has 0 aliphatic carbocycles. The van der Waals surface area contributed by atoms with Crippen molar-refractivity contribution in [1.82, 2.24) is 4.90 Å². The van der Waals surface area contributed by atoms with E-state index >= 15 is 0 Å². The van der Waals surface area contributed by atoms with Gasteiger partial charge in [-0.2, -0.15) is 11.8 Å². The zero-order valence-electron chi connectivity index (χ0n) is 7.76. The second-order valence-corrected chi connectivity index (χ2v) is 4.88. The van der Waals surface area contributed by atoms with E-state index in [4.69, 9.17) is 11.6 Å². The van der Waals surface area contributed by atoms with Gasteiger partial charge in [0.05, 0.1) is 0 Å². The summed E-state index contributed by atoms with van der Waals surface area (Å²) in [6, 6.07) is 0.777. The van der Waals surface area contributed by atoms with Crippen molar-refractivity contribution in [3.05, 3.63) is 0 Å². The molecular formula is C9H18ClNS. The number of halogens is 1. The van der Waals surface area contributed by atoms with E-state index < -0.39 is 0 Å². The van der Waals surface area contributed by atoms with Crippen LogP contribution in [0, 0.1) is 0 Å². The molecule has 3 heteroatoms. The molecule has 0 radical (unpaired) electrons. The monoisotopic (exact) mass is 207 g/mol. The minimum absolute atomic E-state index is 0.777. The van der Waals surface area contributed by atoms with Gasteiger partial charge in [-0.05, 0) is 26.3 Å². The molecule has 1 unspecified atom stereocenters. The van der Waals surface area contributed by atoms with Gasteiger partial charge in [-0.1, -0.05) is 0 Å². The summed E-state index contributed by atoms with van der Waals surface area (Å²) in [7, 11) is 0. The second kappa shape index (κ2) is 6.11. The largest absolute Gasteiger partial charge is 0.299 e. The number of alkyl halides is 1. The van der Waals surface area contributed by atoms with E-state index in [0.29, 0.717) is 0 Å². The Morgan fingerprint density at radius 1 is 1.50 bits per heavy atom. The molecule has 72 valence electrons. The van der Waals surface area contributed by atoms with Crippen LogP contribution in [0.1, 0.15) is 19.8 Å². The van der Waals surface area contributed by atoms with Crippen LogP contribution in [0.5, 0.6) is 0 Å². The van der Waals surface area contributed by atoms with E-state index in [1.165, 1.54) is 31.0 Å². The van der Waals surface area contributed by atoms with Gasteiger partial charge < -0.3 is 0 Å². The summed E-state index contributed by atoms with van der Waals surface area (Å²) in [5.41, 5.74) is 0. The van der Waals surface area contributed by atoms with Crippen molar-refractivity contribution in [2.45, 2.75) is 25.8 Å². The standard InChI is InChI=1S/C9H18ClNS/c1-9-8-12-7-6-11(9)5-3-2-4-10/h9H,2-8H2,1H3. The van der Waals surface area contributed by atoms with E-state index in [9.17, 15) is 0 Å². The molecule has 0 aromatic carbocycles. The molecule has 0 saturated carbocycles. The first kappa shape index (κ1) is 10.7. The van der Waals surface area contributed by atoms with Crippen LogP contribution in [-0.4, -0.2) is 41.4 Å². The van der Waals surface area contributed by atoms with Gasteiger partial charge in [0, 0.05) is 30.0 Å². The summed E-state index contributed by atoms with van der Waals surface area (Å²) in [5.74, 6) is 3.43. The Labute approximate surface area is 84.8 Å². The highest BCUT2D eigenvalue weighted by Crippen LogP contribution is 2.16. The van der Waals surface area contributed by atoms with Crippen LogP contribution in [0.3, 0.4) is 0 Å². The van der Waals surface area contributed by atoms with Crippen molar-refractivity contribution in [3.8, 4) is 0 Å². The third-order valence-corrected chi connectivity index (χ3v) is 3.79. The van der Waals surface area contributed by atoms with Gasteiger partial charge >= 0.3 is 0 Å². The molecule has 0 aromatic rings. The van der Waals surface area contributed by atoms with Crippen molar-refractivity contribution in [1.29, 1.82) is 0 Å². The summed E-state index contributed by atoms with van der Waals surface area (Å²) >= 11 is 7.71. The Hall–Kier alpha value is 0.600. The fraction of sp³-hybridized carbons (Fsp3) is 1.00. The highest BCUT2D eigenvalue weighted by molar-refractivity contribution is 7.99. The predicted molar refractivity (Wildman–Crippen MR) is 58.3 cm³/mol. The van der Waals surface area contributed by atoms with Crippen LogP contribution < -0.4 is 0 Å². The number of unbranched alkanes of at least 4 members (excludes halogenated alkanes) is 1. The summed E-state index contributed by atoms with van der Waals surface area (Å²) < 4.78 is 0. The van der Waals surface area contributed by atoms with E-state index in [0.717, 1.165) is 18.3 Å². The molecule has 0 aromatic heterocycles. The van der Waals surface area contributed by atoms with Gasteiger partial charge in [-0.25, -0.2) is 0 Å². The predicted octanol–water partition coefficient (Wildman–Crippen LogP) is 2.44. The highest BCUT2D eigenvalue weighted by atomic mass is 35.5. The van der Waals surface area contributed by atoms with Gasteiger partial charge in [0.2, 0.25) is 0 Å². The lowest BCUT2D eigenvalue weighted by atomic mass is 10.2. The summed E-state index contributed by atoms with van der Waals surface area (Å²) in [6.07, 6.45) is 2.43. The lowest BCUT2D eigenvalue weighted by Crippen LogP contribution is -2.40. The molecule has 1 nitrogen and oxygen atoms in total. The third-order valence-electron chi connectivity index (χ3n) is 2.33. The lowest BCUT2D eigenvalue weighted by molar-refractivity contribution is 0.229. The third kappa shape index (κ3) is 3.55. The first-order chi connectivity index (χ1) is 5.84. The van der Waals surface area contributed by atoms with Crippen LogP contribution in [-0.2, 0) is 0 Å². The highest BCUT2D eigenvalue weighted by Gasteiger charge is 2.17. The van der Waals surface area contributed by atoms with E-state index in [1.54, 1.807) is 0 Å². The molecule has 12 heavy (non-hydrogen) atoms. The van der Waals surface area contributed by atoms with E-state index in [2.05, 4.69) is 23.6 Å². The second-order valence-electron chi connectivity index (χ2n) is 3.36. The topological polar surface area (TPSA) is 3.24 Å². The molecule has 1 saturated heterocycles. The molecule has 0 spiro atoms. The molecule has 1 aliphatic heterocycles. The van der Waals surface area contributed by atoms with Crippen LogP contribution >= 0.6 is 23.4 Å². The molecule has 0 bridgehead atoms. The Bertz CT molecular complexity index is 121. The number of rotatable bonds is 4. The molecule has 1 aliphatic rings. The average Bonchev–Trinajstić information content (AvgIpc) is 2.09. The lowest BCUT2D eigenvalue weighted by Gasteiger charge is -2.32. The van der Waals surface area contributed by atoms with Crippen LogP contribution in [0.25, 0.3) is 0 Å². The molecule has 1 atom stereocenters. The van der Waals surface area contributed by atoms with Crippen LogP contribution in [0.4, 0.5) is 0 Å². The average molecular weight is 208 g/mol. The first-order valence-corrected chi connectivity index (χ1v) is 6.41. The Morgan fingerprint density at radius 2 is 2.33 bits per heavy atom. The van der Waals surface area contributed by atoms with Crippen molar-refractivity contribution >= 4 is 23.4 Å². The van der Waals surface area contributed by atoms with E-state index in [-0.39, 0.29) is 0 Å². The first-order valence-electron chi connectivity index (χ1n) is 4.72. The molecular weight excluding hydrogens is 190 g/mol. The van der Waals surface area contributed by atoms with Crippen LogP contribution in [0.15, 0.2) is 0 Å². The number of nitrogens with zero attached hydrogens (tertiary/aromatic N) is 1. The van der Waals surface area contributed by atoms with Crippen molar-refractivity contribution in [3.63, 3.8) is 0 Å². The van der Waals surface area contributed by atoms with Gasteiger partial charge in [-0.3, -0.25) is 4.90 Å². The Kier molecular flexibility index (Phi) is 5.44. The Morgan fingerprint density at radius 3 is 3.00 bits per heavy atom. The summed E-state index contributed by atoms with van der Waals surface area (Å²) in [5, 5.41) is 0. The van der Waals surface area contributed by atoms with Crippen LogP contribution in [0.2, 0.25) is 0 Å². The van der Waals surface area contributed by atoms with Gasteiger partial charge in [-0.15, -0.1) is 11.6 Å². The van der Waals surface area contributed by atoms with Gasteiger partial charge in [0.1, 0.15) is 0 Å². The fourth-order valence-electron chi connectivity index (χ4n) is 1.50. The molecule has 1 rings (SSSR count). The van der Waals surface area contributed by atoms with Crippen molar-refractivity contribution in [2.75, 3.05) is 30.5 Å². The maximum Gasteiger partial charge on any atom is 0.0223 e. The smallest absolute Gasteiger partial charge is 0.0223 e. The van der Waals surface area contributed by atoms with Crippen molar-refractivity contribution in [2.24, 2.45) is 0 Å². The zero-order valence-corrected chi connectivity index (χ0v) is 9.33. The van der Waals surface area contributed by atoms with E-state index in [1.807, 2.05) is 0 Å². The Balaban J connectivity index is 2.11. The zero-order chi connectivity index (χ0) is 8.81. The maximum atomic E-state index is 5.63.